The molecule has 1 saturated heterocycles. The largest absolute Gasteiger partial charge is 0.497 e. The van der Waals surface area contributed by atoms with Gasteiger partial charge in [-0.1, -0.05) is 0 Å². The van der Waals surface area contributed by atoms with E-state index in [0.717, 1.165) is 0 Å². The highest BCUT2D eigenvalue weighted by atomic mass is 19.1. The molecule has 0 radical (unpaired) electrons. The fraction of sp³-hybridized carbons (Fsp3) is 0.385. The van der Waals surface area contributed by atoms with Crippen LogP contribution in [0, 0.1) is 11.7 Å². The van der Waals surface area contributed by atoms with Gasteiger partial charge in [0.15, 0.2) is 0 Å². The van der Waals surface area contributed by atoms with Gasteiger partial charge in [0, 0.05) is 19.2 Å². The Kier molecular flexibility index (Phi) is 4.07. The molecular weight excluding hydrogens is 267 g/mol. The molecule has 0 spiro atoms. The van der Waals surface area contributed by atoms with Crippen LogP contribution in [0.2, 0.25) is 0 Å². The van der Waals surface area contributed by atoms with E-state index in [2.05, 4.69) is 5.32 Å². The second kappa shape index (κ2) is 5.77. The summed E-state index contributed by atoms with van der Waals surface area (Å²) in [6, 6.07) is 3.50. The normalized spacial score (nSPS) is 17.9. The number of carboxylic acids is 1. The molecule has 1 aromatic rings. The lowest BCUT2D eigenvalue weighted by Crippen LogP contribution is -2.34. The van der Waals surface area contributed by atoms with Crippen molar-refractivity contribution in [2.75, 3.05) is 25.5 Å². The highest BCUT2D eigenvalue weighted by Gasteiger charge is 2.31. The summed E-state index contributed by atoms with van der Waals surface area (Å²) in [5.74, 6) is -1.64. The SMILES string of the molecule is COc1ccc(F)c(NC(=O)N2CCC(C(=O)O)C2)c1. The van der Waals surface area contributed by atoms with Crippen molar-refractivity contribution in [3.63, 3.8) is 0 Å². The maximum atomic E-state index is 13.6. The van der Waals surface area contributed by atoms with Crippen LogP contribution in [0.15, 0.2) is 18.2 Å². The molecule has 2 amide bonds. The van der Waals surface area contributed by atoms with Gasteiger partial charge in [-0.3, -0.25) is 4.79 Å². The van der Waals surface area contributed by atoms with Crippen molar-refractivity contribution in [3.05, 3.63) is 24.0 Å². The molecule has 20 heavy (non-hydrogen) atoms. The average molecular weight is 282 g/mol. The van der Waals surface area contributed by atoms with Gasteiger partial charge < -0.3 is 20.1 Å². The van der Waals surface area contributed by atoms with Crippen molar-refractivity contribution in [1.82, 2.24) is 4.90 Å². The molecule has 108 valence electrons. The number of carbonyl (C=O) groups excluding carboxylic acids is 1. The predicted molar refractivity (Wildman–Crippen MR) is 69.3 cm³/mol. The molecular formula is C13H15FN2O4. The number of nitrogens with zero attached hydrogens (tertiary/aromatic N) is 1. The van der Waals surface area contributed by atoms with Crippen LogP contribution in [0.1, 0.15) is 6.42 Å². The second-order valence-corrected chi connectivity index (χ2v) is 4.55. The van der Waals surface area contributed by atoms with Crippen LogP contribution < -0.4 is 10.1 Å². The summed E-state index contributed by atoms with van der Waals surface area (Å²) < 4.78 is 18.5. The number of carboxylic acid groups (broad SMARTS) is 1. The lowest BCUT2D eigenvalue weighted by molar-refractivity contribution is -0.141. The monoisotopic (exact) mass is 282 g/mol. The molecule has 1 heterocycles. The Labute approximate surface area is 115 Å². The third kappa shape index (κ3) is 2.98. The smallest absolute Gasteiger partial charge is 0.321 e. The van der Waals surface area contributed by atoms with Crippen molar-refractivity contribution in [2.24, 2.45) is 5.92 Å². The molecule has 6 nitrogen and oxygen atoms in total. The third-order valence-electron chi connectivity index (χ3n) is 3.24. The molecule has 1 unspecified atom stereocenters. The first kappa shape index (κ1) is 14.1. The van der Waals surface area contributed by atoms with Crippen LogP contribution in [0.25, 0.3) is 0 Å². The van der Waals surface area contributed by atoms with Gasteiger partial charge in [-0.05, 0) is 18.6 Å². The number of rotatable bonds is 3. The Bertz CT molecular complexity index is 535. The number of aliphatic carboxylic acids is 1. The Morgan fingerprint density at radius 1 is 1.50 bits per heavy atom. The number of methoxy groups -OCH3 is 1. The quantitative estimate of drug-likeness (QED) is 0.885. The molecule has 0 saturated carbocycles. The Morgan fingerprint density at radius 2 is 2.25 bits per heavy atom. The van der Waals surface area contributed by atoms with Crippen LogP contribution in [-0.2, 0) is 4.79 Å². The average Bonchev–Trinajstić information content (AvgIpc) is 2.91. The summed E-state index contributed by atoms with van der Waals surface area (Å²) in [7, 11) is 1.44. The molecule has 0 aromatic heterocycles. The summed E-state index contributed by atoms with van der Waals surface area (Å²) in [6.07, 6.45) is 0.406. The molecule has 1 aliphatic rings. The van der Waals surface area contributed by atoms with Gasteiger partial charge in [0.25, 0.3) is 0 Å². The lowest BCUT2D eigenvalue weighted by Gasteiger charge is -2.17. The third-order valence-corrected chi connectivity index (χ3v) is 3.24. The highest BCUT2D eigenvalue weighted by Crippen LogP contribution is 2.23. The second-order valence-electron chi connectivity index (χ2n) is 4.55. The molecule has 1 aromatic carbocycles. The molecule has 0 bridgehead atoms. The van der Waals surface area contributed by atoms with Crippen LogP contribution >= 0.6 is 0 Å². The molecule has 1 aliphatic heterocycles. The number of urea groups is 1. The summed E-state index contributed by atoms with van der Waals surface area (Å²) in [6.45, 7) is 0.473. The molecule has 7 heteroatoms. The molecule has 2 N–H and O–H groups in total. The number of hydrogen-bond donors (Lipinski definition) is 2. The van der Waals surface area contributed by atoms with E-state index in [0.29, 0.717) is 18.7 Å². The maximum Gasteiger partial charge on any atom is 0.321 e. The van der Waals surface area contributed by atoms with Crippen LogP contribution in [0.3, 0.4) is 0 Å². The van der Waals surface area contributed by atoms with E-state index in [4.69, 9.17) is 9.84 Å². The number of nitrogens with one attached hydrogen (secondary N) is 1. The first-order chi connectivity index (χ1) is 9.51. The van der Waals surface area contributed by atoms with Crippen molar-refractivity contribution >= 4 is 17.7 Å². The van der Waals surface area contributed by atoms with Gasteiger partial charge in [-0.25, -0.2) is 9.18 Å². The van der Waals surface area contributed by atoms with Gasteiger partial charge >= 0.3 is 12.0 Å². The molecule has 1 atom stereocenters. The fourth-order valence-corrected chi connectivity index (χ4v) is 2.07. The minimum absolute atomic E-state index is 0.00752. The van der Waals surface area contributed by atoms with Gasteiger partial charge in [0.05, 0.1) is 18.7 Å². The summed E-state index contributed by atoms with van der Waals surface area (Å²) in [4.78, 5) is 24.1. The van der Waals surface area contributed by atoms with Gasteiger partial charge in [0.1, 0.15) is 11.6 Å². The van der Waals surface area contributed by atoms with Crippen LogP contribution in [0.4, 0.5) is 14.9 Å². The number of halogens is 1. The highest BCUT2D eigenvalue weighted by molar-refractivity contribution is 5.90. The van der Waals surface area contributed by atoms with Gasteiger partial charge in [-0.15, -0.1) is 0 Å². The first-order valence-corrected chi connectivity index (χ1v) is 6.13. The number of ether oxygens (including phenoxy) is 1. The summed E-state index contributed by atoms with van der Waals surface area (Å²) in [5, 5.41) is 11.3. The van der Waals surface area contributed by atoms with E-state index in [9.17, 15) is 14.0 Å². The van der Waals surface area contributed by atoms with Crippen molar-refractivity contribution in [3.8, 4) is 5.75 Å². The van der Waals surface area contributed by atoms with Crippen molar-refractivity contribution < 1.29 is 23.8 Å². The lowest BCUT2D eigenvalue weighted by atomic mass is 10.1. The van der Waals surface area contributed by atoms with E-state index in [1.165, 1.54) is 30.2 Å². The van der Waals surface area contributed by atoms with Crippen molar-refractivity contribution in [2.45, 2.75) is 6.42 Å². The molecule has 2 rings (SSSR count). The standard InChI is InChI=1S/C13H15FN2O4/c1-20-9-2-3-10(14)11(6-9)15-13(19)16-5-4-8(7-16)12(17)18/h2-3,6,8H,4-5,7H2,1H3,(H,15,19)(H,17,18). The Hall–Kier alpha value is -2.31. The molecule has 1 fully saturated rings. The number of benzene rings is 1. The predicted octanol–water partition coefficient (Wildman–Crippen LogP) is 1.77. The number of hydrogen-bond acceptors (Lipinski definition) is 3. The number of carbonyl (C=O) groups is 2. The zero-order valence-electron chi connectivity index (χ0n) is 10.9. The van der Waals surface area contributed by atoms with E-state index >= 15 is 0 Å². The van der Waals surface area contributed by atoms with Crippen LogP contribution in [-0.4, -0.2) is 42.2 Å². The number of anilines is 1. The Balaban J connectivity index is 2.03. The number of likely N-dealkylation sites (tertiary alicyclic amines) is 1. The van der Waals surface area contributed by atoms with Gasteiger partial charge in [0.2, 0.25) is 0 Å². The first-order valence-electron chi connectivity index (χ1n) is 6.13. The van der Waals surface area contributed by atoms with Crippen LogP contribution in [0.5, 0.6) is 5.75 Å². The zero-order chi connectivity index (χ0) is 14.7. The molecule has 0 aliphatic carbocycles. The summed E-state index contributed by atoms with van der Waals surface area (Å²) in [5.41, 5.74) is 0.00752. The maximum absolute atomic E-state index is 13.6. The van der Waals surface area contributed by atoms with E-state index in [1.807, 2.05) is 0 Å². The van der Waals surface area contributed by atoms with E-state index < -0.39 is 23.7 Å². The van der Waals surface area contributed by atoms with Crippen molar-refractivity contribution in [1.29, 1.82) is 0 Å². The Morgan fingerprint density at radius 3 is 2.85 bits per heavy atom. The summed E-state index contributed by atoms with van der Waals surface area (Å²) >= 11 is 0. The topological polar surface area (TPSA) is 78.9 Å². The van der Waals surface area contributed by atoms with E-state index in [1.54, 1.807) is 0 Å². The minimum Gasteiger partial charge on any atom is -0.497 e. The number of amides is 2. The fourth-order valence-electron chi connectivity index (χ4n) is 2.07. The zero-order valence-corrected chi connectivity index (χ0v) is 10.9. The minimum atomic E-state index is -0.923. The van der Waals surface area contributed by atoms with E-state index in [-0.39, 0.29) is 12.2 Å². The van der Waals surface area contributed by atoms with Gasteiger partial charge in [-0.2, -0.15) is 0 Å².